The Hall–Kier alpha value is -1.81. The van der Waals surface area contributed by atoms with E-state index in [1.165, 1.54) is 0 Å². The van der Waals surface area contributed by atoms with Gasteiger partial charge in [-0.1, -0.05) is 18.2 Å². The Morgan fingerprint density at radius 3 is 2.87 bits per heavy atom. The van der Waals surface area contributed by atoms with Crippen LogP contribution in [0.3, 0.4) is 0 Å². The summed E-state index contributed by atoms with van der Waals surface area (Å²) < 4.78 is 0. The number of carbonyl (C=O) groups excluding carboxylic acids is 1. The summed E-state index contributed by atoms with van der Waals surface area (Å²) in [6.45, 7) is 0. The molecule has 2 aromatic rings. The first-order valence-corrected chi connectivity index (χ1v) is 4.78. The molecule has 4 heteroatoms. The van der Waals surface area contributed by atoms with E-state index in [1.54, 1.807) is 0 Å². The molecule has 15 heavy (non-hydrogen) atoms. The maximum absolute atomic E-state index is 10.5. The van der Waals surface area contributed by atoms with Crippen molar-refractivity contribution in [2.45, 2.75) is 12.5 Å². The number of fused-ring (bicyclic) bond motifs is 1. The van der Waals surface area contributed by atoms with Crippen LogP contribution in [0.25, 0.3) is 10.9 Å². The number of nitrogens with two attached hydrogens (primary N) is 2. The Kier molecular flexibility index (Phi) is 2.43. The lowest BCUT2D eigenvalue weighted by Gasteiger charge is -2.03. The number of hydrogen-bond acceptors (Lipinski definition) is 3. The zero-order valence-corrected chi connectivity index (χ0v) is 8.23. The largest absolute Gasteiger partial charge is 0.385 e. The van der Waals surface area contributed by atoms with E-state index in [0.717, 1.165) is 22.8 Å². The Balaban J connectivity index is 2.49. The molecule has 0 aliphatic heterocycles. The van der Waals surface area contributed by atoms with Gasteiger partial charge in [0.15, 0.2) is 0 Å². The minimum atomic E-state index is -0.494. The molecule has 0 aliphatic rings. The summed E-state index contributed by atoms with van der Waals surface area (Å²) in [6.07, 6.45) is 1.21. The fourth-order valence-corrected chi connectivity index (χ4v) is 1.72. The molecule has 0 spiro atoms. The summed E-state index contributed by atoms with van der Waals surface area (Å²) in [6, 6.07) is 7.29. The molecule has 0 fully saturated rings. The van der Waals surface area contributed by atoms with Gasteiger partial charge in [0.2, 0.25) is 0 Å². The van der Waals surface area contributed by atoms with Gasteiger partial charge in [-0.2, -0.15) is 0 Å². The second kappa shape index (κ2) is 3.74. The lowest BCUT2D eigenvalue weighted by molar-refractivity contribution is -0.108. The number of benzene rings is 1. The van der Waals surface area contributed by atoms with Gasteiger partial charge in [-0.05, 0) is 12.5 Å². The summed E-state index contributed by atoms with van der Waals surface area (Å²) in [5, 5.41) is 1.03. The highest BCUT2D eigenvalue weighted by atomic mass is 16.1. The lowest BCUT2D eigenvalue weighted by atomic mass is 10.1. The molecule has 1 atom stereocenters. The van der Waals surface area contributed by atoms with Crippen molar-refractivity contribution in [2.75, 3.05) is 5.73 Å². The number of aromatic amines is 1. The van der Waals surface area contributed by atoms with Crippen molar-refractivity contribution >= 4 is 23.0 Å². The molecule has 0 saturated heterocycles. The number of rotatable bonds is 3. The first-order valence-electron chi connectivity index (χ1n) is 4.78. The summed E-state index contributed by atoms with van der Waals surface area (Å²) >= 11 is 0. The van der Waals surface area contributed by atoms with Crippen molar-refractivity contribution in [3.8, 4) is 0 Å². The molecule has 2 rings (SSSR count). The third-order valence-corrected chi connectivity index (χ3v) is 2.46. The van der Waals surface area contributed by atoms with Crippen LogP contribution in [0.4, 0.5) is 5.82 Å². The molecule has 0 aliphatic carbocycles. The molecule has 0 bridgehead atoms. The third kappa shape index (κ3) is 1.71. The maximum atomic E-state index is 10.5. The third-order valence-electron chi connectivity index (χ3n) is 2.46. The second-order valence-corrected chi connectivity index (χ2v) is 3.57. The fourth-order valence-electron chi connectivity index (χ4n) is 1.72. The van der Waals surface area contributed by atoms with Crippen molar-refractivity contribution in [3.05, 3.63) is 29.8 Å². The Morgan fingerprint density at radius 1 is 1.40 bits per heavy atom. The van der Waals surface area contributed by atoms with Gasteiger partial charge in [0, 0.05) is 16.5 Å². The highest BCUT2D eigenvalue weighted by Crippen LogP contribution is 2.24. The lowest BCUT2D eigenvalue weighted by Crippen LogP contribution is -2.24. The van der Waals surface area contributed by atoms with Crippen molar-refractivity contribution < 1.29 is 4.79 Å². The van der Waals surface area contributed by atoms with Gasteiger partial charge in [-0.25, -0.2) is 0 Å². The summed E-state index contributed by atoms with van der Waals surface area (Å²) in [7, 11) is 0. The summed E-state index contributed by atoms with van der Waals surface area (Å²) in [5.74, 6) is 0.591. The SMILES string of the molecule is Nc1[nH]c2ccccc2c1C[C@H](N)C=O. The smallest absolute Gasteiger partial charge is 0.137 e. The molecule has 0 saturated carbocycles. The number of anilines is 1. The van der Waals surface area contributed by atoms with Gasteiger partial charge in [-0.15, -0.1) is 0 Å². The van der Waals surface area contributed by atoms with E-state index in [1.807, 2.05) is 24.3 Å². The molecule has 5 N–H and O–H groups in total. The molecule has 0 unspecified atom stereocenters. The van der Waals surface area contributed by atoms with E-state index >= 15 is 0 Å². The van der Waals surface area contributed by atoms with E-state index in [0.29, 0.717) is 12.2 Å². The fraction of sp³-hybridized carbons (Fsp3) is 0.182. The van der Waals surface area contributed by atoms with Gasteiger partial charge in [-0.3, -0.25) is 0 Å². The van der Waals surface area contributed by atoms with Gasteiger partial charge in [0.1, 0.15) is 12.1 Å². The van der Waals surface area contributed by atoms with Gasteiger partial charge < -0.3 is 21.2 Å². The average Bonchev–Trinajstić information content (AvgIpc) is 2.55. The van der Waals surface area contributed by atoms with Crippen LogP contribution in [0.1, 0.15) is 5.56 Å². The Bertz CT molecular complexity index is 490. The van der Waals surface area contributed by atoms with Gasteiger partial charge in [0.05, 0.1) is 6.04 Å². The number of nitrogens with one attached hydrogen (secondary N) is 1. The topological polar surface area (TPSA) is 84.9 Å². The quantitative estimate of drug-likeness (QED) is 0.645. The first kappa shape index (κ1) is 9.73. The molecular weight excluding hydrogens is 190 g/mol. The zero-order chi connectivity index (χ0) is 10.8. The number of nitrogen functional groups attached to an aromatic ring is 1. The van der Waals surface area contributed by atoms with Crippen LogP contribution in [0.2, 0.25) is 0 Å². The normalized spacial score (nSPS) is 12.9. The van der Waals surface area contributed by atoms with Crippen LogP contribution in [0, 0.1) is 0 Å². The number of aromatic nitrogens is 1. The molecule has 4 nitrogen and oxygen atoms in total. The number of hydrogen-bond donors (Lipinski definition) is 3. The van der Waals surface area contributed by atoms with Crippen LogP contribution in [-0.2, 0) is 11.2 Å². The zero-order valence-electron chi connectivity index (χ0n) is 8.23. The molecule has 1 heterocycles. The molecular formula is C11H13N3O. The van der Waals surface area contributed by atoms with Gasteiger partial charge >= 0.3 is 0 Å². The standard InChI is InChI=1S/C11H13N3O/c12-7(6-15)5-9-8-3-1-2-4-10(8)14-11(9)13/h1-4,6-7,14H,5,12-13H2/t7-/m0/s1. The highest BCUT2D eigenvalue weighted by Gasteiger charge is 2.11. The highest BCUT2D eigenvalue weighted by molar-refractivity contribution is 5.88. The predicted molar refractivity (Wildman–Crippen MR) is 60.5 cm³/mol. The molecule has 78 valence electrons. The Morgan fingerprint density at radius 2 is 2.13 bits per heavy atom. The first-order chi connectivity index (χ1) is 7.22. The van der Waals surface area contributed by atoms with Crippen molar-refractivity contribution in [3.63, 3.8) is 0 Å². The van der Waals surface area contributed by atoms with Crippen LogP contribution in [-0.4, -0.2) is 17.3 Å². The van der Waals surface area contributed by atoms with E-state index in [4.69, 9.17) is 11.5 Å². The van der Waals surface area contributed by atoms with Crippen molar-refractivity contribution in [1.29, 1.82) is 0 Å². The van der Waals surface area contributed by atoms with Crippen LogP contribution in [0.15, 0.2) is 24.3 Å². The van der Waals surface area contributed by atoms with Crippen LogP contribution >= 0.6 is 0 Å². The minimum absolute atomic E-state index is 0.472. The van der Waals surface area contributed by atoms with Crippen LogP contribution < -0.4 is 11.5 Å². The summed E-state index contributed by atoms with van der Waals surface area (Å²) in [4.78, 5) is 13.6. The maximum Gasteiger partial charge on any atom is 0.137 e. The number of para-hydroxylation sites is 1. The molecule has 0 amide bonds. The van der Waals surface area contributed by atoms with Crippen molar-refractivity contribution in [2.24, 2.45) is 5.73 Å². The van der Waals surface area contributed by atoms with E-state index in [9.17, 15) is 4.79 Å². The number of H-pyrrole nitrogens is 1. The van der Waals surface area contributed by atoms with Crippen molar-refractivity contribution in [1.82, 2.24) is 4.98 Å². The van der Waals surface area contributed by atoms with E-state index in [-0.39, 0.29) is 0 Å². The van der Waals surface area contributed by atoms with Crippen LogP contribution in [0.5, 0.6) is 0 Å². The number of carbonyl (C=O) groups is 1. The molecule has 1 aromatic heterocycles. The van der Waals surface area contributed by atoms with Gasteiger partial charge in [0.25, 0.3) is 0 Å². The average molecular weight is 203 g/mol. The monoisotopic (exact) mass is 203 g/mol. The summed E-state index contributed by atoms with van der Waals surface area (Å²) in [5.41, 5.74) is 13.3. The molecule has 1 aromatic carbocycles. The minimum Gasteiger partial charge on any atom is -0.385 e. The Labute approximate surface area is 87.3 Å². The predicted octanol–water partition coefficient (Wildman–Crippen LogP) is 0.819. The number of aldehydes is 1. The second-order valence-electron chi connectivity index (χ2n) is 3.57. The van der Waals surface area contributed by atoms with E-state index in [2.05, 4.69) is 4.98 Å². The molecule has 0 radical (unpaired) electrons. The van der Waals surface area contributed by atoms with E-state index < -0.39 is 6.04 Å².